The summed E-state index contributed by atoms with van der Waals surface area (Å²) in [6.45, 7) is 9.68. The van der Waals surface area contributed by atoms with Crippen molar-refractivity contribution in [2.45, 2.75) is 50.0 Å². The average molecular weight is 450 g/mol. The number of nitrogens with zero attached hydrogens (tertiary/aromatic N) is 2. The van der Waals surface area contributed by atoms with Crippen LogP contribution in [0.5, 0.6) is 0 Å². The molecule has 0 spiro atoms. The molecular weight excluding hydrogens is 414 g/mol. The van der Waals surface area contributed by atoms with E-state index in [1.165, 1.54) is 40.7 Å². The molecule has 3 heterocycles. The van der Waals surface area contributed by atoms with Crippen molar-refractivity contribution in [3.8, 4) is 0 Å². The fourth-order valence-electron chi connectivity index (χ4n) is 5.16. The average Bonchev–Trinajstić information content (AvgIpc) is 3.50. The molecule has 0 bridgehead atoms. The second-order valence-corrected chi connectivity index (χ2v) is 9.72. The van der Waals surface area contributed by atoms with Crippen molar-refractivity contribution in [3.63, 3.8) is 0 Å². The number of amides is 1. The van der Waals surface area contributed by atoms with E-state index in [1.807, 2.05) is 24.0 Å². The number of fused-ring (bicyclic) bond motifs is 1. The van der Waals surface area contributed by atoms with E-state index in [1.54, 1.807) is 17.8 Å². The fourth-order valence-corrected chi connectivity index (χ4v) is 5.60. The summed E-state index contributed by atoms with van der Waals surface area (Å²) in [5.74, 6) is 0.135. The number of benzene rings is 1. The van der Waals surface area contributed by atoms with Crippen molar-refractivity contribution < 1.29 is 4.79 Å². The lowest BCUT2D eigenvalue weighted by Gasteiger charge is -2.25. The molecule has 32 heavy (non-hydrogen) atoms. The number of carbonyl (C=O) groups excluding carboxylic acids is 1. The molecule has 1 N–H and O–H groups in total. The Labute approximate surface area is 196 Å². The zero-order valence-electron chi connectivity index (χ0n) is 19.4. The number of H-pyrrole nitrogens is 1. The summed E-state index contributed by atoms with van der Waals surface area (Å²) in [7, 11) is 0. The minimum Gasteiger partial charge on any atom is -0.361 e. The van der Waals surface area contributed by atoms with Gasteiger partial charge in [-0.3, -0.25) is 4.79 Å². The lowest BCUT2D eigenvalue weighted by molar-refractivity contribution is -0.125. The van der Waals surface area contributed by atoms with Crippen LogP contribution in [0.15, 0.2) is 65.2 Å². The maximum absolute atomic E-state index is 12.6. The van der Waals surface area contributed by atoms with E-state index < -0.39 is 0 Å². The van der Waals surface area contributed by atoms with Gasteiger partial charge in [-0.2, -0.15) is 0 Å². The van der Waals surface area contributed by atoms with Gasteiger partial charge >= 0.3 is 0 Å². The third-order valence-electron chi connectivity index (χ3n) is 6.85. The monoisotopic (exact) mass is 449 g/mol. The molecule has 4 rings (SSSR count). The first kappa shape index (κ1) is 22.9. The van der Waals surface area contributed by atoms with Crippen molar-refractivity contribution >= 4 is 28.6 Å². The second-order valence-electron chi connectivity index (χ2n) is 8.84. The Morgan fingerprint density at radius 2 is 2.12 bits per heavy atom. The predicted molar refractivity (Wildman–Crippen MR) is 136 cm³/mol. The first-order valence-corrected chi connectivity index (χ1v) is 13.0. The highest BCUT2D eigenvalue weighted by molar-refractivity contribution is 7.98. The lowest BCUT2D eigenvalue weighted by atomic mass is 10.0. The molecule has 1 aromatic carbocycles. The van der Waals surface area contributed by atoms with Gasteiger partial charge in [-0.15, -0.1) is 11.8 Å². The topological polar surface area (TPSA) is 39.3 Å². The molecule has 5 heteroatoms. The number of rotatable bonds is 10. The largest absolute Gasteiger partial charge is 0.361 e. The van der Waals surface area contributed by atoms with Crippen molar-refractivity contribution in [1.29, 1.82) is 0 Å². The van der Waals surface area contributed by atoms with Gasteiger partial charge < -0.3 is 14.8 Å². The molecule has 1 saturated heterocycles. The van der Waals surface area contributed by atoms with Crippen LogP contribution in [0.3, 0.4) is 0 Å². The molecule has 0 saturated carbocycles. The summed E-state index contributed by atoms with van der Waals surface area (Å²) in [4.78, 5) is 22.0. The molecular formula is C27H35N3OS. The number of hydrogen-bond acceptors (Lipinski definition) is 3. The number of aromatic amines is 1. The van der Waals surface area contributed by atoms with Crippen LogP contribution in [0, 0.1) is 0 Å². The molecule has 2 aliphatic rings. The highest BCUT2D eigenvalue weighted by Gasteiger charge is 2.27. The fraction of sp³-hybridized carbons (Fsp3) is 0.444. The second kappa shape index (κ2) is 10.6. The molecule has 4 nitrogen and oxygen atoms in total. The highest BCUT2D eigenvalue weighted by atomic mass is 32.2. The Kier molecular flexibility index (Phi) is 7.59. The van der Waals surface area contributed by atoms with Crippen LogP contribution in [0.4, 0.5) is 0 Å². The Balaban J connectivity index is 1.28. The summed E-state index contributed by atoms with van der Waals surface area (Å²) in [6.07, 6.45) is 15.9. The SMILES string of the molecule is C=CC1=C(/C=C\C)CN(CCCCN2CCCC2Cc2c[nH]c3ccc(SC)cc23)C1=O. The Morgan fingerprint density at radius 1 is 1.28 bits per heavy atom. The van der Waals surface area contributed by atoms with Crippen LogP contribution in [-0.2, 0) is 11.2 Å². The lowest BCUT2D eigenvalue weighted by Crippen LogP contribution is -2.33. The van der Waals surface area contributed by atoms with Crippen LogP contribution in [-0.4, -0.2) is 59.2 Å². The molecule has 0 radical (unpaired) electrons. The molecule has 170 valence electrons. The van der Waals surface area contributed by atoms with Gasteiger partial charge in [0.25, 0.3) is 5.91 Å². The first-order chi connectivity index (χ1) is 15.6. The van der Waals surface area contributed by atoms with E-state index in [9.17, 15) is 4.79 Å². The molecule has 1 unspecified atom stereocenters. The van der Waals surface area contributed by atoms with Crippen LogP contribution >= 0.6 is 11.8 Å². The van der Waals surface area contributed by atoms with Gasteiger partial charge in [0.2, 0.25) is 0 Å². The van der Waals surface area contributed by atoms with Gasteiger partial charge in [-0.05, 0) is 87.7 Å². The molecule has 0 aliphatic carbocycles. The van der Waals surface area contributed by atoms with Gasteiger partial charge in [0.15, 0.2) is 0 Å². The Morgan fingerprint density at radius 3 is 2.91 bits per heavy atom. The van der Waals surface area contributed by atoms with Crippen molar-refractivity contribution in [2.24, 2.45) is 0 Å². The normalized spacial score (nSPS) is 19.9. The molecule has 2 aliphatic heterocycles. The van der Waals surface area contributed by atoms with E-state index in [4.69, 9.17) is 0 Å². The quantitative estimate of drug-likeness (QED) is 0.380. The van der Waals surface area contributed by atoms with E-state index in [0.717, 1.165) is 50.0 Å². The Hall–Kier alpha value is -2.24. The van der Waals surface area contributed by atoms with Crippen molar-refractivity contribution in [3.05, 3.63) is 65.9 Å². The summed E-state index contributed by atoms with van der Waals surface area (Å²) >= 11 is 1.80. The molecule has 1 amide bonds. The minimum absolute atomic E-state index is 0.135. The number of nitrogens with one attached hydrogen (secondary N) is 1. The first-order valence-electron chi connectivity index (χ1n) is 11.8. The van der Waals surface area contributed by atoms with Gasteiger partial charge in [-0.1, -0.05) is 24.8 Å². The highest BCUT2D eigenvalue weighted by Crippen LogP contribution is 2.29. The van der Waals surface area contributed by atoms with Gasteiger partial charge in [0.1, 0.15) is 0 Å². The number of aromatic nitrogens is 1. The van der Waals surface area contributed by atoms with Gasteiger partial charge in [0.05, 0.1) is 0 Å². The van der Waals surface area contributed by atoms with Crippen LogP contribution in [0.25, 0.3) is 10.9 Å². The Bertz CT molecular complexity index is 1030. The van der Waals surface area contributed by atoms with E-state index in [0.29, 0.717) is 6.04 Å². The smallest absolute Gasteiger partial charge is 0.254 e. The van der Waals surface area contributed by atoms with Crippen LogP contribution < -0.4 is 0 Å². The van der Waals surface area contributed by atoms with E-state index in [-0.39, 0.29) is 5.91 Å². The number of carbonyl (C=O) groups is 1. The number of unbranched alkanes of at least 4 members (excludes halogenated alkanes) is 1. The number of hydrogen-bond donors (Lipinski definition) is 1. The minimum atomic E-state index is 0.135. The molecule has 1 aromatic heterocycles. The summed E-state index contributed by atoms with van der Waals surface area (Å²) < 4.78 is 0. The third kappa shape index (κ3) is 4.89. The van der Waals surface area contributed by atoms with Crippen molar-refractivity contribution in [1.82, 2.24) is 14.8 Å². The van der Waals surface area contributed by atoms with E-state index >= 15 is 0 Å². The summed E-state index contributed by atoms with van der Waals surface area (Å²) in [5, 5.41) is 1.37. The van der Waals surface area contributed by atoms with Crippen LogP contribution in [0.2, 0.25) is 0 Å². The van der Waals surface area contributed by atoms with Crippen LogP contribution in [0.1, 0.15) is 38.2 Å². The number of likely N-dealkylation sites (tertiary alicyclic amines) is 1. The summed E-state index contributed by atoms with van der Waals surface area (Å²) in [6, 6.07) is 7.34. The molecule has 1 atom stereocenters. The standard InChI is InChI=1S/C27H35N3OS/c1-4-9-20-19-30(27(31)24(20)5-2)14-7-6-13-29-15-8-10-22(29)16-21-18-28-26-12-11-23(32-3)17-25(21)26/h4-5,9,11-12,17-18,22,28H,2,6-8,10,13-16,19H2,1,3H3/b9-4-. The van der Waals surface area contributed by atoms with Crippen molar-refractivity contribution in [2.75, 3.05) is 32.4 Å². The van der Waals surface area contributed by atoms with E-state index in [2.05, 4.69) is 47.1 Å². The maximum atomic E-state index is 12.6. The predicted octanol–water partition coefficient (Wildman–Crippen LogP) is 5.58. The zero-order valence-corrected chi connectivity index (χ0v) is 20.2. The maximum Gasteiger partial charge on any atom is 0.254 e. The third-order valence-corrected chi connectivity index (χ3v) is 7.57. The molecule has 2 aromatic rings. The number of allylic oxidation sites excluding steroid dienone is 1. The molecule has 1 fully saturated rings. The van der Waals surface area contributed by atoms with Gasteiger partial charge in [0, 0.05) is 46.7 Å². The number of thioether (sulfide) groups is 1. The van der Waals surface area contributed by atoms with Gasteiger partial charge in [-0.25, -0.2) is 0 Å². The summed E-state index contributed by atoms with van der Waals surface area (Å²) in [5.41, 5.74) is 4.54. The zero-order chi connectivity index (χ0) is 22.5.